The number of rotatable bonds is 6. The van der Waals surface area contributed by atoms with Crippen molar-refractivity contribution in [3.63, 3.8) is 0 Å². The molecule has 25 heavy (non-hydrogen) atoms. The summed E-state index contributed by atoms with van der Waals surface area (Å²) in [7, 11) is 0. The van der Waals surface area contributed by atoms with Gasteiger partial charge in [-0.1, -0.05) is 53.0 Å². The average Bonchev–Trinajstić information content (AvgIpc) is 2.60. The molecule has 0 aliphatic rings. The molecule has 7 heteroatoms. The summed E-state index contributed by atoms with van der Waals surface area (Å²) in [5.41, 5.74) is 0.693. The number of amides is 1. The van der Waals surface area contributed by atoms with Gasteiger partial charge >= 0.3 is 0 Å². The highest BCUT2D eigenvalue weighted by molar-refractivity contribution is 6.43. The van der Waals surface area contributed by atoms with E-state index in [1.165, 1.54) is 17.0 Å². The fraction of sp³-hybridized carbons (Fsp3) is 0.222. The van der Waals surface area contributed by atoms with Gasteiger partial charge in [0.1, 0.15) is 5.75 Å². The van der Waals surface area contributed by atoms with Crippen LogP contribution in [0.25, 0.3) is 0 Å². The van der Waals surface area contributed by atoms with E-state index in [1.807, 2.05) is 24.3 Å². The van der Waals surface area contributed by atoms with Gasteiger partial charge in [0.15, 0.2) is 6.10 Å². The molecular formula is C18H15Cl3N2O2. The topological polar surface area (TPSA) is 53.3 Å². The lowest BCUT2D eigenvalue weighted by atomic mass is 10.2. The van der Waals surface area contributed by atoms with Crippen molar-refractivity contribution in [2.24, 2.45) is 0 Å². The van der Waals surface area contributed by atoms with Crippen molar-refractivity contribution in [1.29, 1.82) is 5.26 Å². The Balaban J connectivity index is 2.21. The van der Waals surface area contributed by atoms with Crippen molar-refractivity contribution in [2.45, 2.75) is 19.4 Å². The Hall–Kier alpha value is -1.93. The van der Waals surface area contributed by atoms with E-state index in [2.05, 4.69) is 0 Å². The molecule has 130 valence electrons. The van der Waals surface area contributed by atoms with Crippen molar-refractivity contribution >= 4 is 46.4 Å². The van der Waals surface area contributed by atoms with Crippen LogP contribution < -0.4 is 9.64 Å². The molecule has 0 radical (unpaired) electrons. The van der Waals surface area contributed by atoms with Gasteiger partial charge in [-0.3, -0.25) is 4.79 Å². The highest BCUT2D eigenvalue weighted by Crippen LogP contribution is 2.34. The Labute approximate surface area is 161 Å². The normalized spacial score (nSPS) is 11.5. The molecule has 1 atom stereocenters. The lowest BCUT2D eigenvalue weighted by molar-refractivity contribution is -0.124. The van der Waals surface area contributed by atoms with Crippen LogP contribution in [0, 0.1) is 11.3 Å². The summed E-state index contributed by atoms with van der Waals surface area (Å²) in [5, 5.41) is 9.69. The maximum absolute atomic E-state index is 12.8. The van der Waals surface area contributed by atoms with Crippen LogP contribution in [0.4, 0.5) is 5.69 Å². The van der Waals surface area contributed by atoms with E-state index in [-0.39, 0.29) is 34.7 Å². The van der Waals surface area contributed by atoms with E-state index in [0.717, 1.165) is 0 Å². The van der Waals surface area contributed by atoms with Crippen molar-refractivity contribution in [3.8, 4) is 11.8 Å². The molecule has 0 aromatic heterocycles. The zero-order chi connectivity index (χ0) is 18.4. The lowest BCUT2D eigenvalue weighted by Gasteiger charge is -2.25. The number of benzene rings is 2. The van der Waals surface area contributed by atoms with Crippen LogP contribution in [0.1, 0.15) is 13.3 Å². The summed E-state index contributed by atoms with van der Waals surface area (Å²) >= 11 is 18.0. The second kappa shape index (κ2) is 8.96. The van der Waals surface area contributed by atoms with E-state index in [0.29, 0.717) is 10.7 Å². The van der Waals surface area contributed by atoms with Crippen LogP contribution in [-0.4, -0.2) is 18.6 Å². The number of carbonyl (C=O) groups excluding carboxylic acids is 1. The number of ether oxygens (including phenoxy) is 1. The first-order valence-electron chi connectivity index (χ1n) is 7.48. The Morgan fingerprint density at radius 3 is 2.44 bits per heavy atom. The molecule has 4 nitrogen and oxygen atoms in total. The number of halogens is 3. The van der Waals surface area contributed by atoms with Crippen LogP contribution in [-0.2, 0) is 4.79 Å². The minimum absolute atomic E-state index is 0.209. The molecule has 2 aromatic rings. The maximum atomic E-state index is 12.8. The first kappa shape index (κ1) is 19.4. The summed E-state index contributed by atoms with van der Waals surface area (Å²) in [6.45, 7) is 1.88. The summed E-state index contributed by atoms with van der Waals surface area (Å²) in [5.74, 6) is -0.0196. The number of nitrogens with zero attached hydrogens (tertiary/aromatic N) is 2. The number of anilines is 1. The summed E-state index contributed by atoms with van der Waals surface area (Å²) in [6.07, 6.45) is -0.616. The second-order valence-electron chi connectivity index (χ2n) is 5.19. The van der Waals surface area contributed by atoms with E-state index in [9.17, 15) is 4.79 Å². The van der Waals surface area contributed by atoms with Gasteiger partial charge in [0.2, 0.25) is 0 Å². The van der Waals surface area contributed by atoms with E-state index < -0.39 is 6.10 Å². The van der Waals surface area contributed by atoms with Gasteiger partial charge in [-0.15, -0.1) is 0 Å². The number of para-hydroxylation sites is 1. The molecule has 0 aliphatic carbocycles. The molecule has 2 rings (SSSR count). The van der Waals surface area contributed by atoms with Gasteiger partial charge < -0.3 is 9.64 Å². The monoisotopic (exact) mass is 396 g/mol. The quantitative estimate of drug-likeness (QED) is 0.616. The highest BCUT2D eigenvalue weighted by atomic mass is 35.5. The van der Waals surface area contributed by atoms with Crippen LogP contribution in [0.2, 0.25) is 15.1 Å². The Kier molecular flexibility index (Phi) is 6.95. The molecule has 0 saturated heterocycles. The first-order valence-corrected chi connectivity index (χ1v) is 8.62. The highest BCUT2D eigenvalue weighted by Gasteiger charge is 2.24. The van der Waals surface area contributed by atoms with Crippen LogP contribution in [0.5, 0.6) is 5.75 Å². The van der Waals surface area contributed by atoms with Crippen LogP contribution in [0.3, 0.4) is 0 Å². The Morgan fingerprint density at radius 1 is 1.16 bits per heavy atom. The molecule has 2 aromatic carbocycles. The zero-order valence-corrected chi connectivity index (χ0v) is 15.6. The summed E-state index contributed by atoms with van der Waals surface area (Å²) in [6, 6.07) is 14.1. The molecule has 0 N–H and O–H groups in total. The van der Waals surface area contributed by atoms with E-state index in [4.69, 9.17) is 44.8 Å². The van der Waals surface area contributed by atoms with Gasteiger partial charge in [0.05, 0.1) is 27.6 Å². The molecule has 0 spiro atoms. The van der Waals surface area contributed by atoms with Crippen molar-refractivity contribution in [3.05, 3.63) is 57.5 Å². The first-order chi connectivity index (χ1) is 11.9. The predicted molar refractivity (Wildman–Crippen MR) is 101 cm³/mol. The van der Waals surface area contributed by atoms with Crippen LogP contribution in [0.15, 0.2) is 42.5 Å². The van der Waals surface area contributed by atoms with Gasteiger partial charge in [-0.05, 0) is 25.1 Å². The molecule has 0 bridgehead atoms. The van der Waals surface area contributed by atoms with E-state index >= 15 is 0 Å². The molecular weight excluding hydrogens is 383 g/mol. The third-order valence-corrected chi connectivity index (χ3v) is 4.42. The van der Waals surface area contributed by atoms with Crippen molar-refractivity contribution in [2.75, 3.05) is 11.4 Å². The summed E-state index contributed by atoms with van der Waals surface area (Å²) < 4.78 is 5.68. The molecule has 0 aliphatic heterocycles. The maximum Gasteiger partial charge on any atom is 0.267 e. The predicted octanol–water partition coefficient (Wildman–Crippen LogP) is 5.36. The Bertz CT molecular complexity index is 791. The molecule has 1 amide bonds. The van der Waals surface area contributed by atoms with E-state index in [1.54, 1.807) is 19.1 Å². The number of carbonyl (C=O) groups is 1. The number of hydrogen-bond donors (Lipinski definition) is 0. The smallest absolute Gasteiger partial charge is 0.267 e. The summed E-state index contributed by atoms with van der Waals surface area (Å²) in [4.78, 5) is 14.3. The van der Waals surface area contributed by atoms with Gasteiger partial charge in [-0.2, -0.15) is 5.26 Å². The van der Waals surface area contributed by atoms with Crippen molar-refractivity contribution in [1.82, 2.24) is 0 Å². The standard InChI is InChI=1S/C18H15Cl3N2O2/c1-12(25-17-11-15(20)14(19)10-16(17)21)18(24)23(9-5-8-22)13-6-3-2-4-7-13/h2-4,6-7,10-12H,5,9H2,1H3/t12-/m0/s1. The molecule has 0 fully saturated rings. The fourth-order valence-corrected chi connectivity index (χ4v) is 2.77. The second-order valence-corrected chi connectivity index (χ2v) is 6.41. The largest absolute Gasteiger partial charge is 0.479 e. The van der Waals surface area contributed by atoms with Gasteiger partial charge in [-0.25, -0.2) is 0 Å². The number of nitriles is 1. The molecule has 0 saturated carbocycles. The van der Waals surface area contributed by atoms with Gasteiger partial charge in [0, 0.05) is 18.3 Å². The third-order valence-electron chi connectivity index (χ3n) is 3.41. The van der Waals surface area contributed by atoms with Gasteiger partial charge in [0.25, 0.3) is 5.91 Å². The lowest BCUT2D eigenvalue weighted by Crippen LogP contribution is -2.41. The van der Waals surface area contributed by atoms with Crippen molar-refractivity contribution < 1.29 is 9.53 Å². The number of hydrogen-bond acceptors (Lipinski definition) is 3. The molecule has 0 heterocycles. The fourth-order valence-electron chi connectivity index (χ4n) is 2.19. The Morgan fingerprint density at radius 2 is 1.80 bits per heavy atom. The molecule has 0 unspecified atom stereocenters. The average molecular weight is 398 g/mol. The third kappa shape index (κ3) is 5.02. The van der Waals surface area contributed by atoms with Crippen LogP contribution >= 0.6 is 34.8 Å². The minimum atomic E-state index is -0.825. The SMILES string of the molecule is C[C@H](Oc1cc(Cl)c(Cl)cc1Cl)C(=O)N(CCC#N)c1ccccc1. The minimum Gasteiger partial charge on any atom is -0.479 e. The zero-order valence-electron chi connectivity index (χ0n) is 13.4.